The van der Waals surface area contributed by atoms with Crippen molar-refractivity contribution in [2.45, 2.75) is 32.8 Å². The van der Waals surface area contributed by atoms with Gasteiger partial charge in [-0.25, -0.2) is 0 Å². The number of rotatable bonds is 4. The number of esters is 1. The molecule has 0 radical (unpaired) electrons. The van der Waals surface area contributed by atoms with Crippen molar-refractivity contribution in [1.82, 2.24) is 0 Å². The van der Waals surface area contributed by atoms with Gasteiger partial charge in [0.1, 0.15) is 0 Å². The Kier molecular flexibility index (Phi) is 5.77. The van der Waals surface area contributed by atoms with E-state index in [1.54, 1.807) is 0 Å². The first kappa shape index (κ1) is 16.7. The molecule has 0 spiro atoms. The summed E-state index contributed by atoms with van der Waals surface area (Å²) in [7, 11) is 0. The van der Waals surface area contributed by atoms with Gasteiger partial charge in [-0.1, -0.05) is 34.1 Å². The number of carbonyl (C=O) groups is 2. The minimum atomic E-state index is -0.417. The fourth-order valence-corrected chi connectivity index (χ4v) is 2.88. The van der Waals surface area contributed by atoms with E-state index in [2.05, 4.69) is 21.2 Å². The summed E-state index contributed by atoms with van der Waals surface area (Å²) < 4.78 is 6.17. The van der Waals surface area contributed by atoms with Crippen LogP contribution >= 0.6 is 15.9 Å². The first-order valence-electron chi connectivity index (χ1n) is 7.39. The van der Waals surface area contributed by atoms with Crippen LogP contribution < -0.4 is 5.32 Å². The van der Waals surface area contributed by atoms with Crippen molar-refractivity contribution in [3.8, 4) is 0 Å². The van der Waals surface area contributed by atoms with Crippen molar-refractivity contribution in [2.75, 3.05) is 5.32 Å². The monoisotopic (exact) mass is 365 g/mol. The molecule has 0 aliphatic heterocycles. The zero-order valence-corrected chi connectivity index (χ0v) is 14.3. The average molecular weight is 366 g/mol. The highest BCUT2D eigenvalue weighted by atomic mass is 79.9. The highest BCUT2D eigenvalue weighted by molar-refractivity contribution is 9.10. The van der Waals surface area contributed by atoms with Gasteiger partial charge in [0.25, 0.3) is 0 Å². The maximum atomic E-state index is 12.5. The molecule has 118 valence electrons. The van der Waals surface area contributed by atoms with Gasteiger partial charge in [-0.2, -0.15) is 0 Å². The molecule has 1 aliphatic carbocycles. The van der Waals surface area contributed by atoms with E-state index < -0.39 is 11.8 Å². The lowest BCUT2D eigenvalue weighted by molar-refractivity contribution is -0.156. The van der Waals surface area contributed by atoms with Gasteiger partial charge in [-0.05, 0) is 44.9 Å². The van der Waals surface area contributed by atoms with Gasteiger partial charge < -0.3 is 10.1 Å². The summed E-state index contributed by atoms with van der Waals surface area (Å²) in [6.45, 7) is 3.63. The summed E-state index contributed by atoms with van der Waals surface area (Å²) >= 11 is 3.37. The molecule has 4 nitrogen and oxygen atoms in total. The maximum absolute atomic E-state index is 12.5. The van der Waals surface area contributed by atoms with Gasteiger partial charge in [0, 0.05) is 10.2 Å². The molecule has 1 N–H and O–H groups in total. The van der Waals surface area contributed by atoms with E-state index in [-0.39, 0.29) is 18.0 Å². The molecule has 2 atom stereocenters. The number of nitrogens with one attached hydrogen (secondary N) is 1. The molecule has 1 aromatic rings. The molecule has 0 saturated carbocycles. The summed E-state index contributed by atoms with van der Waals surface area (Å²) in [5.41, 5.74) is 0.713. The predicted octanol–water partition coefficient (Wildman–Crippen LogP) is 3.92. The van der Waals surface area contributed by atoms with Crippen molar-refractivity contribution in [1.29, 1.82) is 0 Å². The molecule has 0 saturated heterocycles. The van der Waals surface area contributed by atoms with Gasteiger partial charge in [-0.15, -0.1) is 0 Å². The molecule has 1 amide bonds. The number of hydrogen-bond donors (Lipinski definition) is 1. The SMILES string of the molecule is CC(C)OC(=O)[C@H]1CC=CC[C@H]1C(=O)Nc1cccc(Br)c1. The summed E-state index contributed by atoms with van der Waals surface area (Å²) in [4.78, 5) is 24.7. The largest absolute Gasteiger partial charge is 0.463 e. The maximum Gasteiger partial charge on any atom is 0.310 e. The second kappa shape index (κ2) is 7.58. The Morgan fingerprint density at radius 1 is 1.23 bits per heavy atom. The van der Waals surface area contributed by atoms with E-state index in [9.17, 15) is 9.59 Å². The molecule has 0 fully saturated rings. The van der Waals surface area contributed by atoms with Gasteiger partial charge >= 0.3 is 5.97 Å². The first-order valence-corrected chi connectivity index (χ1v) is 8.18. The van der Waals surface area contributed by atoms with Crippen molar-refractivity contribution >= 4 is 33.5 Å². The second-order valence-electron chi connectivity index (χ2n) is 5.64. The number of amides is 1. The Morgan fingerprint density at radius 3 is 2.55 bits per heavy atom. The highest BCUT2D eigenvalue weighted by Gasteiger charge is 2.35. The van der Waals surface area contributed by atoms with Crippen LogP contribution in [-0.2, 0) is 14.3 Å². The van der Waals surface area contributed by atoms with Crippen LogP contribution in [0.5, 0.6) is 0 Å². The number of halogens is 1. The van der Waals surface area contributed by atoms with Crippen LogP contribution in [0.2, 0.25) is 0 Å². The number of ether oxygens (including phenoxy) is 1. The van der Waals surface area contributed by atoms with E-state index in [1.807, 2.05) is 50.3 Å². The molecule has 0 bridgehead atoms. The van der Waals surface area contributed by atoms with E-state index >= 15 is 0 Å². The molecule has 0 unspecified atom stereocenters. The van der Waals surface area contributed by atoms with E-state index in [0.717, 1.165) is 4.47 Å². The lowest BCUT2D eigenvalue weighted by Crippen LogP contribution is -2.36. The minimum Gasteiger partial charge on any atom is -0.463 e. The molecule has 1 aromatic carbocycles. The highest BCUT2D eigenvalue weighted by Crippen LogP contribution is 2.29. The number of anilines is 1. The smallest absolute Gasteiger partial charge is 0.310 e. The molecule has 1 aliphatic rings. The molecule has 0 heterocycles. The van der Waals surface area contributed by atoms with Crippen molar-refractivity contribution in [3.05, 3.63) is 40.9 Å². The molecular formula is C17H20BrNO3. The average Bonchev–Trinajstić information content (AvgIpc) is 2.46. The van der Waals surface area contributed by atoms with E-state index in [0.29, 0.717) is 18.5 Å². The zero-order chi connectivity index (χ0) is 16.1. The second-order valence-corrected chi connectivity index (χ2v) is 6.56. The molecule has 0 aromatic heterocycles. The summed E-state index contributed by atoms with van der Waals surface area (Å²) in [6, 6.07) is 7.40. The summed E-state index contributed by atoms with van der Waals surface area (Å²) in [5, 5.41) is 2.88. The molecular weight excluding hydrogens is 346 g/mol. The Balaban J connectivity index is 2.08. The number of benzene rings is 1. The lowest BCUT2D eigenvalue weighted by Gasteiger charge is -2.26. The van der Waals surface area contributed by atoms with Crippen LogP contribution in [0.3, 0.4) is 0 Å². The quantitative estimate of drug-likeness (QED) is 0.649. The Labute approximate surface area is 139 Å². The Bertz CT molecular complexity index is 583. The minimum absolute atomic E-state index is 0.145. The van der Waals surface area contributed by atoms with Crippen LogP contribution in [0.1, 0.15) is 26.7 Å². The zero-order valence-electron chi connectivity index (χ0n) is 12.7. The molecule has 5 heteroatoms. The Hall–Kier alpha value is -1.62. The Morgan fingerprint density at radius 2 is 1.91 bits per heavy atom. The van der Waals surface area contributed by atoms with Crippen LogP contribution in [0, 0.1) is 11.8 Å². The molecule has 22 heavy (non-hydrogen) atoms. The molecule has 2 rings (SSSR count). The van der Waals surface area contributed by atoms with Crippen molar-refractivity contribution < 1.29 is 14.3 Å². The topological polar surface area (TPSA) is 55.4 Å². The third-order valence-electron chi connectivity index (χ3n) is 3.52. The lowest BCUT2D eigenvalue weighted by atomic mass is 9.82. The van der Waals surface area contributed by atoms with Gasteiger partial charge in [0.05, 0.1) is 17.9 Å². The standard InChI is InChI=1S/C17H20BrNO3/c1-11(2)22-17(21)15-9-4-3-8-14(15)16(20)19-13-7-5-6-12(18)10-13/h3-7,10-11,14-15H,8-9H2,1-2H3,(H,19,20)/t14-,15+/m1/s1. The normalized spacial score (nSPS) is 20.7. The fourth-order valence-electron chi connectivity index (χ4n) is 2.49. The van der Waals surface area contributed by atoms with Gasteiger partial charge in [0.2, 0.25) is 5.91 Å². The third-order valence-corrected chi connectivity index (χ3v) is 4.01. The number of carbonyl (C=O) groups excluding carboxylic acids is 2. The van der Waals surface area contributed by atoms with Crippen LogP contribution in [0.25, 0.3) is 0 Å². The van der Waals surface area contributed by atoms with Crippen LogP contribution in [0.15, 0.2) is 40.9 Å². The summed E-state index contributed by atoms with van der Waals surface area (Å²) in [5.74, 6) is -1.25. The van der Waals surface area contributed by atoms with Crippen molar-refractivity contribution in [2.24, 2.45) is 11.8 Å². The number of hydrogen-bond acceptors (Lipinski definition) is 3. The van der Waals surface area contributed by atoms with Crippen LogP contribution in [0.4, 0.5) is 5.69 Å². The van der Waals surface area contributed by atoms with Gasteiger partial charge in [0.15, 0.2) is 0 Å². The number of allylic oxidation sites excluding steroid dienone is 2. The van der Waals surface area contributed by atoms with Crippen LogP contribution in [-0.4, -0.2) is 18.0 Å². The van der Waals surface area contributed by atoms with E-state index in [4.69, 9.17) is 4.74 Å². The summed E-state index contributed by atoms with van der Waals surface area (Å²) in [6.07, 6.45) is 4.81. The fraction of sp³-hybridized carbons (Fsp3) is 0.412. The van der Waals surface area contributed by atoms with E-state index in [1.165, 1.54) is 0 Å². The first-order chi connectivity index (χ1) is 10.5. The predicted molar refractivity (Wildman–Crippen MR) is 89.4 cm³/mol. The third kappa shape index (κ3) is 4.44. The van der Waals surface area contributed by atoms with Crippen molar-refractivity contribution in [3.63, 3.8) is 0 Å². The van der Waals surface area contributed by atoms with Gasteiger partial charge in [-0.3, -0.25) is 9.59 Å².